The number of carbonyl (C=O) groups is 1. The quantitative estimate of drug-likeness (QED) is 0.854. The molecule has 0 saturated heterocycles. The van der Waals surface area contributed by atoms with Crippen LogP contribution in [0.1, 0.15) is 18.1 Å². The van der Waals surface area contributed by atoms with Gasteiger partial charge in [-0.2, -0.15) is 4.98 Å². The summed E-state index contributed by atoms with van der Waals surface area (Å²) in [5.74, 6) is -0.260. The average molecular weight is 318 g/mol. The topological polar surface area (TPSA) is 78.2 Å². The molecular formula is C16H22N4O3. The number of ether oxygens (including phenoxy) is 1. The first kappa shape index (κ1) is 17.0. The molecule has 2 rings (SSSR count). The number of benzene rings is 1. The van der Waals surface area contributed by atoms with E-state index in [2.05, 4.69) is 10.3 Å². The molecule has 0 aliphatic carbocycles. The molecule has 1 atom stereocenters. The van der Waals surface area contributed by atoms with E-state index >= 15 is 0 Å². The number of carbonyl (C=O) groups excluding carboxylic acids is 1. The van der Waals surface area contributed by atoms with Crippen molar-refractivity contribution in [1.82, 2.24) is 19.7 Å². The first-order valence-electron chi connectivity index (χ1n) is 7.42. The Balaban J connectivity index is 2.27. The van der Waals surface area contributed by atoms with E-state index in [1.165, 1.54) is 11.0 Å². The fraction of sp³-hybridized carbons (Fsp3) is 0.438. The number of methoxy groups -OCH3 is 1. The molecule has 1 heterocycles. The van der Waals surface area contributed by atoms with Crippen molar-refractivity contribution in [3.63, 3.8) is 0 Å². The summed E-state index contributed by atoms with van der Waals surface area (Å²) in [7, 11) is 1.57. The number of aryl methyl sites for hydroxylation is 2. The summed E-state index contributed by atoms with van der Waals surface area (Å²) in [5.41, 5.74) is 2.43. The van der Waals surface area contributed by atoms with Gasteiger partial charge in [-0.3, -0.25) is 4.79 Å². The molecule has 1 amide bonds. The second kappa shape index (κ2) is 7.23. The molecule has 1 N–H and O–H groups in total. The molecule has 0 radical (unpaired) electrons. The van der Waals surface area contributed by atoms with E-state index in [0.29, 0.717) is 6.61 Å². The molecule has 0 bridgehead atoms. The molecule has 1 unspecified atom stereocenters. The van der Waals surface area contributed by atoms with Crippen molar-refractivity contribution in [2.24, 2.45) is 0 Å². The van der Waals surface area contributed by atoms with Crippen LogP contribution in [0.4, 0.5) is 0 Å². The Morgan fingerprint density at radius 1 is 1.39 bits per heavy atom. The number of hydrogen-bond acceptors (Lipinski definition) is 4. The Kier molecular flexibility index (Phi) is 5.33. The first-order chi connectivity index (χ1) is 10.9. The highest BCUT2D eigenvalue weighted by Gasteiger charge is 2.14. The summed E-state index contributed by atoms with van der Waals surface area (Å²) >= 11 is 0. The molecule has 7 nitrogen and oxygen atoms in total. The molecule has 0 spiro atoms. The first-order valence-corrected chi connectivity index (χ1v) is 7.42. The lowest BCUT2D eigenvalue weighted by atomic mass is 10.1. The van der Waals surface area contributed by atoms with Gasteiger partial charge in [0.2, 0.25) is 5.91 Å². The van der Waals surface area contributed by atoms with Gasteiger partial charge in [0.05, 0.1) is 12.3 Å². The third kappa shape index (κ3) is 4.07. The van der Waals surface area contributed by atoms with Gasteiger partial charge in [0, 0.05) is 13.2 Å². The van der Waals surface area contributed by atoms with Crippen LogP contribution in [-0.4, -0.2) is 40.0 Å². The predicted octanol–water partition coefficient (Wildman–Crippen LogP) is 0.802. The number of nitrogens with one attached hydrogen (secondary N) is 1. The molecule has 1 aromatic carbocycles. The van der Waals surface area contributed by atoms with E-state index in [1.807, 2.05) is 39.0 Å². The van der Waals surface area contributed by atoms with Gasteiger partial charge in [-0.05, 0) is 38.0 Å². The Bertz CT molecular complexity index is 748. The Morgan fingerprint density at radius 2 is 2.13 bits per heavy atom. The van der Waals surface area contributed by atoms with Gasteiger partial charge < -0.3 is 10.1 Å². The summed E-state index contributed by atoms with van der Waals surface area (Å²) in [6, 6.07) is 5.80. The standard InChI is InChI=1S/C16H22N4O3/c1-11-5-6-12(2)14(7-11)20-10-17-16(22)19(20)8-15(21)18-13(3)9-23-4/h5-7,10,13H,8-9H2,1-4H3,(H,18,21). The molecule has 124 valence electrons. The molecule has 0 fully saturated rings. The highest BCUT2D eigenvalue weighted by molar-refractivity contribution is 5.75. The lowest BCUT2D eigenvalue weighted by Gasteiger charge is -2.15. The third-order valence-electron chi connectivity index (χ3n) is 3.49. The maximum atomic E-state index is 12.1. The van der Waals surface area contributed by atoms with Gasteiger partial charge >= 0.3 is 5.69 Å². The van der Waals surface area contributed by atoms with Crippen LogP contribution >= 0.6 is 0 Å². The van der Waals surface area contributed by atoms with Crippen LogP contribution in [0, 0.1) is 13.8 Å². The van der Waals surface area contributed by atoms with Crippen molar-refractivity contribution < 1.29 is 9.53 Å². The molecule has 0 aliphatic rings. The Labute approximate surface area is 134 Å². The van der Waals surface area contributed by atoms with Crippen molar-refractivity contribution in [2.75, 3.05) is 13.7 Å². The lowest BCUT2D eigenvalue weighted by molar-refractivity contribution is -0.122. The fourth-order valence-corrected chi connectivity index (χ4v) is 2.38. The van der Waals surface area contributed by atoms with E-state index in [1.54, 1.807) is 11.8 Å². The minimum atomic E-state index is -0.458. The van der Waals surface area contributed by atoms with Gasteiger partial charge in [0.25, 0.3) is 0 Å². The fourth-order valence-electron chi connectivity index (χ4n) is 2.38. The van der Waals surface area contributed by atoms with Crippen molar-refractivity contribution in [2.45, 2.75) is 33.4 Å². The second-order valence-electron chi connectivity index (χ2n) is 5.64. The van der Waals surface area contributed by atoms with Gasteiger partial charge in [-0.25, -0.2) is 14.2 Å². The molecule has 2 aromatic rings. The van der Waals surface area contributed by atoms with Crippen LogP contribution in [0.2, 0.25) is 0 Å². The van der Waals surface area contributed by atoms with Crippen molar-refractivity contribution in [3.8, 4) is 5.69 Å². The largest absolute Gasteiger partial charge is 0.383 e. The van der Waals surface area contributed by atoms with Crippen molar-refractivity contribution in [3.05, 3.63) is 46.1 Å². The summed E-state index contributed by atoms with van der Waals surface area (Å²) in [6.45, 7) is 6.08. The summed E-state index contributed by atoms with van der Waals surface area (Å²) in [6.07, 6.45) is 1.44. The third-order valence-corrected chi connectivity index (χ3v) is 3.49. The second-order valence-corrected chi connectivity index (χ2v) is 5.64. The molecule has 0 aliphatic heterocycles. The predicted molar refractivity (Wildman–Crippen MR) is 86.8 cm³/mol. The zero-order chi connectivity index (χ0) is 17.0. The Hall–Kier alpha value is -2.41. The van der Waals surface area contributed by atoms with Crippen LogP contribution in [0.5, 0.6) is 0 Å². The zero-order valence-corrected chi connectivity index (χ0v) is 13.9. The van der Waals surface area contributed by atoms with Gasteiger partial charge in [-0.1, -0.05) is 12.1 Å². The molecule has 0 saturated carbocycles. The van der Waals surface area contributed by atoms with Crippen LogP contribution in [-0.2, 0) is 16.1 Å². The van der Waals surface area contributed by atoms with E-state index in [9.17, 15) is 9.59 Å². The minimum absolute atomic E-state index is 0.0970. The van der Waals surface area contributed by atoms with Crippen molar-refractivity contribution >= 4 is 5.91 Å². The van der Waals surface area contributed by atoms with Crippen LogP contribution in [0.25, 0.3) is 5.69 Å². The Morgan fingerprint density at radius 3 is 2.83 bits per heavy atom. The normalized spacial score (nSPS) is 12.2. The molecule has 7 heteroatoms. The lowest BCUT2D eigenvalue weighted by Crippen LogP contribution is -2.40. The molecule has 23 heavy (non-hydrogen) atoms. The maximum absolute atomic E-state index is 12.1. The van der Waals surface area contributed by atoms with Crippen LogP contribution < -0.4 is 11.0 Å². The molecular weight excluding hydrogens is 296 g/mol. The van der Waals surface area contributed by atoms with Gasteiger partial charge in [0.1, 0.15) is 12.9 Å². The highest BCUT2D eigenvalue weighted by atomic mass is 16.5. The number of rotatable bonds is 6. The van der Waals surface area contributed by atoms with Gasteiger partial charge in [0.15, 0.2) is 0 Å². The maximum Gasteiger partial charge on any atom is 0.364 e. The molecule has 1 aromatic heterocycles. The van der Waals surface area contributed by atoms with Gasteiger partial charge in [-0.15, -0.1) is 0 Å². The van der Waals surface area contributed by atoms with E-state index in [4.69, 9.17) is 4.74 Å². The SMILES string of the molecule is COCC(C)NC(=O)Cn1c(=O)ncn1-c1cc(C)ccc1C. The minimum Gasteiger partial charge on any atom is -0.383 e. The van der Waals surface area contributed by atoms with Crippen LogP contribution in [0.15, 0.2) is 29.3 Å². The van der Waals surface area contributed by atoms with E-state index in [-0.39, 0.29) is 18.5 Å². The number of nitrogens with zero attached hydrogens (tertiary/aromatic N) is 3. The van der Waals surface area contributed by atoms with Crippen molar-refractivity contribution in [1.29, 1.82) is 0 Å². The van der Waals surface area contributed by atoms with E-state index < -0.39 is 5.69 Å². The monoisotopic (exact) mass is 318 g/mol. The van der Waals surface area contributed by atoms with Crippen LogP contribution in [0.3, 0.4) is 0 Å². The smallest absolute Gasteiger partial charge is 0.364 e. The summed E-state index contributed by atoms with van der Waals surface area (Å²) < 4.78 is 7.92. The summed E-state index contributed by atoms with van der Waals surface area (Å²) in [5, 5.41) is 2.79. The highest BCUT2D eigenvalue weighted by Crippen LogP contribution is 2.14. The van der Waals surface area contributed by atoms with E-state index in [0.717, 1.165) is 16.8 Å². The summed E-state index contributed by atoms with van der Waals surface area (Å²) in [4.78, 5) is 27.9. The zero-order valence-electron chi connectivity index (χ0n) is 13.9. The number of amides is 1. The number of aromatic nitrogens is 3. The average Bonchev–Trinajstić information content (AvgIpc) is 2.83. The number of hydrogen-bond donors (Lipinski definition) is 1.